The van der Waals surface area contributed by atoms with Crippen LogP contribution in [0.15, 0.2) is 71.0 Å². The van der Waals surface area contributed by atoms with Crippen molar-refractivity contribution in [2.45, 2.75) is 29.2 Å². The summed E-state index contributed by atoms with van der Waals surface area (Å²) in [6.07, 6.45) is 3.79. The summed E-state index contributed by atoms with van der Waals surface area (Å²) in [5.41, 5.74) is 16.2. The lowest BCUT2D eigenvalue weighted by molar-refractivity contribution is 0.0923. The first-order chi connectivity index (χ1) is 15.4. The molecule has 0 aliphatic heterocycles. The van der Waals surface area contributed by atoms with Crippen LogP contribution in [0.1, 0.15) is 38.9 Å². The second kappa shape index (κ2) is 10.3. The second-order valence-corrected chi connectivity index (χ2v) is 8.64. The van der Waals surface area contributed by atoms with Crippen molar-refractivity contribution in [1.82, 2.24) is 9.88 Å². The molecular formula is C25H29N5OS. The predicted octanol–water partition coefficient (Wildman–Crippen LogP) is 4.22. The molecule has 1 aromatic heterocycles. The molecule has 0 saturated carbocycles. The normalized spacial score (nSPS) is 13.8. The highest BCUT2D eigenvalue weighted by atomic mass is 32.2. The van der Waals surface area contributed by atoms with Gasteiger partial charge in [0, 0.05) is 46.5 Å². The molecule has 0 bridgehead atoms. The molecule has 32 heavy (non-hydrogen) atoms. The van der Waals surface area contributed by atoms with Crippen molar-refractivity contribution in [2.75, 3.05) is 12.3 Å². The summed E-state index contributed by atoms with van der Waals surface area (Å²) in [7, 11) is 1.91. The smallest absolute Gasteiger partial charge is 0.268 e. The standard InChI is InChI=1S/C22H22N4OS.C3H7N/c1-13-21(28-16-7-8-18(24)15(9-16)12-23)11-20(26(13)2)22(27)25-19-10-14-5-3-4-6-17(14)19;1-2-3-4/h3-9,11-12,19,23H,10,24H2,1-2H3,(H,25,27);2H,1,3-4H2. The Kier molecular flexibility index (Phi) is 7.56. The maximum atomic E-state index is 12.9. The molecule has 0 radical (unpaired) electrons. The molecule has 7 heteroatoms. The molecule has 1 atom stereocenters. The largest absolute Gasteiger partial charge is 0.398 e. The number of hydrogen-bond donors (Lipinski definition) is 4. The van der Waals surface area contributed by atoms with Gasteiger partial charge < -0.3 is 26.8 Å². The van der Waals surface area contributed by atoms with E-state index in [1.54, 1.807) is 17.8 Å². The van der Waals surface area contributed by atoms with Crippen LogP contribution in [-0.2, 0) is 13.5 Å². The number of nitrogens with one attached hydrogen (secondary N) is 2. The van der Waals surface area contributed by atoms with Gasteiger partial charge in [0.1, 0.15) is 5.69 Å². The van der Waals surface area contributed by atoms with Crippen LogP contribution in [0.3, 0.4) is 0 Å². The van der Waals surface area contributed by atoms with Gasteiger partial charge in [-0.25, -0.2) is 0 Å². The van der Waals surface area contributed by atoms with E-state index in [0.717, 1.165) is 21.9 Å². The fourth-order valence-electron chi connectivity index (χ4n) is 3.48. The summed E-state index contributed by atoms with van der Waals surface area (Å²) in [6, 6.07) is 15.9. The molecule has 0 spiro atoms. The molecule has 0 fully saturated rings. The number of carbonyl (C=O) groups excluding carboxylic acids is 1. The molecule has 1 unspecified atom stereocenters. The van der Waals surface area contributed by atoms with Gasteiger partial charge in [0.2, 0.25) is 0 Å². The predicted molar refractivity (Wildman–Crippen MR) is 133 cm³/mol. The Bertz CT molecular complexity index is 1150. The number of hydrogen-bond acceptors (Lipinski definition) is 5. The first-order valence-electron chi connectivity index (χ1n) is 10.3. The van der Waals surface area contributed by atoms with Crippen LogP contribution < -0.4 is 16.8 Å². The van der Waals surface area contributed by atoms with E-state index in [4.69, 9.17) is 16.9 Å². The summed E-state index contributed by atoms with van der Waals surface area (Å²) in [5.74, 6) is -0.0607. The summed E-state index contributed by atoms with van der Waals surface area (Å²) >= 11 is 1.57. The van der Waals surface area contributed by atoms with Gasteiger partial charge in [0.05, 0.1) is 6.04 Å². The highest BCUT2D eigenvalue weighted by molar-refractivity contribution is 7.99. The maximum Gasteiger partial charge on any atom is 0.268 e. The fourth-order valence-corrected chi connectivity index (χ4v) is 4.51. The van der Waals surface area contributed by atoms with Crippen molar-refractivity contribution >= 4 is 29.6 Å². The van der Waals surface area contributed by atoms with Crippen molar-refractivity contribution in [3.05, 3.63) is 89.3 Å². The average Bonchev–Trinajstić information content (AvgIpc) is 3.07. The molecule has 166 valence electrons. The van der Waals surface area contributed by atoms with Crippen molar-refractivity contribution in [3.63, 3.8) is 0 Å². The van der Waals surface area contributed by atoms with Crippen molar-refractivity contribution in [1.29, 1.82) is 5.41 Å². The van der Waals surface area contributed by atoms with E-state index in [-0.39, 0.29) is 11.9 Å². The van der Waals surface area contributed by atoms with Gasteiger partial charge in [-0.2, -0.15) is 0 Å². The molecule has 2 aromatic carbocycles. The van der Waals surface area contributed by atoms with E-state index in [1.165, 1.54) is 17.3 Å². The molecule has 0 saturated heterocycles. The Morgan fingerprint density at radius 2 is 2.03 bits per heavy atom. The number of amides is 1. The Morgan fingerprint density at radius 3 is 2.69 bits per heavy atom. The van der Waals surface area contributed by atoms with Crippen molar-refractivity contribution in [3.8, 4) is 0 Å². The van der Waals surface area contributed by atoms with Gasteiger partial charge in [0.15, 0.2) is 0 Å². The number of nitrogen functional groups attached to an aromatic ring is 1. The number of nitrogens with zero attached hydrogens (tertiary/aromatic N) is 1. The van der Waals surface area contributed by atoms with Gasteiger partial charge in [0.25, 0.3) is 5.91 Å². The van der Waals surface area contributed by atoms with Crippen LogP contribution in [0.5, 0.6) is 0 Å². The number of nitrogens with two attached hydrogens (primary N) is 2. The number of aromatic nitrogens is 1. The van der Waals surface area contributed by atoms with E-state index in [1.807, 2.05) is 54.9 Å². The Hall–Kier alpha value is -3.29. The number of rotatable bonds is 6. The molecule has 1 aliphatic rings. The van der Waals surface area contributed by atoms with Crippen molar-refractivity contribution < 1.29 is 4.79 Å². The summed E-state index contributed by atoms with van der Waals surface area (Å²) in [5, 5.41) is 10.6. The van der Waals surface area contributed by atoms with Crippen molar-refractivity contribution in [2.24, 2.45) is 12.8 Å². The number of carbonyl (C=O) groups is 1. The number of benzene rings is 2. The summed E-state index contributed by atoms with van der Waals surface area (Å²) < 4.78 is 1.93. The zero-order chi connectivity index (χ0) is 23.3. The van der Waals surface area contributed by atoms with E-state index in [2.05, 4.69) is 24.0 Å². The van der Waals surface area contributed by atoms with E-state index < -0.39 is 0 Å². The molecule has 1 heterocycles. The second-order valence-electron chi connectivity index (χ2n) is 7.53. The Labute approximate surface area is 193 Å². The topological polar surface area (TPSA) is 110 Å². The zero-order valence-electron chi connectivity index (χ0n) is 18.4. The van der Waals surface area contributed by atoms with Crippen LogP contribution in [0.25, 0.3) is 0 Å². The summed E-state index contributed by atoms with van der Waals surface area (Å²) in [4.78, 5) is 14.9. The lowest BCUT2D eigenvalue weighted by atomic mass is 9.83. The number of fused-ring (bicyclic) bond motifs is 1. The molecule has 1 aliphatic carbocycles. The average molecular weight is 448 g/mol. The number of anilines is 1. The van der Waals surface area contributed by atoms with E-state index in [0.29, 0.717) is 23.5 Å². The summed E-state index contributed by atoms with van der Waals surface area (Å²) in [6.45, 7) is 5.94. The van der Waals surface area contributed by atoms with Gasteiger partial charge in [-0.05, 0) is 48.7 Å². The Morgan fingerprint density at radius 1 is 1.31 bits per heavy atom. The third-order valence-electron chi connectivity index (χ3n) is 5.49. The lowest BCUT2D eigenvalue weighted by Crippen LogP contribution is -2.36. The Balaban J connectivity index is 0.000000668. The SMILES string of the molecule is C=CCN.Cc1c(Sc2ccc(N)c(C=N)c2)cc(C(=O)NC2Cc3ccccc32)n1C. The fraction of sp³-hybridized carbons (Fsp3) is 0.200. The van der Waals surface area contributed by atoms with Gasteiger partial charge >= 0.3 is 0 Å². The highest BCUT2D eigenvalue weighted by Gasteiger charge is 2.28. The van der Waals surface area contributed by atoms with E-state index >= 15 is 0 Å². The van der Waals surface area contributed by atoms with Crippen LogP contribution in [-0.4, -0.2) is 23.2 Å². The quantitative estimate of drug-likeness (QED) is 0.258. The third-order valence-corrected chi connectivity index (χ3v) is 6.61. The zero-order valence-corrected chi connectivity index (χ0v) is 19.2. The monoisotopic (exact) mass is 447 g/mol. The van der Waals surface area contributed by atoms with Crippen LogP contribution in [0.4, 0.5) is 5.69 Å². The minimum Gasteiger partial charge on any atom is -0.398 e. The first kappa shape index (κ1) is 23.4. The van der Waals surface area contributed by atoms with E-state index in [9.17, 15) is 4.79 Å². The minimum absolute atomic E-state index is 0.0607. The molecule has 3 aromatic rings. The van der Waals surface area contributed by atoms with Crippen LogP contribution >= 0.6 is 11.8 Å². The maximum absolute atomic E-state index is 12.9. The molecular weight excluding hydrogens is 418 g/mol. The first-order valence-corrected chi connectivity index (χ1v) is 11.1. The lowest BCUT2D eigenvalue weighted by Gasteiger charge is -2.30. The third kappa shape index (κ3) is 4.95. The molecule has 1 amide bonds. The minimum atomic E-state index is -0.0607. The molecule has 4 rings (SSSR count). The van der Waals surface area contributed by atoms with Crippen LogP contribution in [0, 0.1) is 12.3 Å². The van der Waals surface area contributed by atoms with Gasteiger partial charge in [-0.3, -0.25) is 4.79 Å². The molecule has 6 nitrogen and oxygen atoms in total. The van der Waals surface area contributed by atoms with Crippen LogP contribution in [0.2, 0.25) is 0 Å². The van der Waals surface area contributed by atoms with Gasteiger partial charge in [-0.15, -0.1) is 6.58 Å². The van der Waals surface area contributed by atoms with Gasteiger partial charge in [-0.1, -0.05) is 42.1 Å². The highest BCUT2D eigenvalue weighted by Crippen LogP contribution is 2.35. The molecule has 6 N–H and O–H groups in total.